The maximum atomic E-state index is 9.64. The Bertz CT molecular complexity index is 965. The molecule has 2 aliphatic carbocycles. The third-order valence-corrected chi connectivity index (χ3v) is 7.01. The average Bonchev–Trinajstić information content (AvgIpc) is 3.05. The van der Waals surface area contributed by atoms with Crippen LogP contribution in [0.15, 0.2) is 24.5 Å². The second-order valence-corrected chi connectivity index (χ2v) is 8.96. The van der Waals surface area contributed by atoms with Gasteiger partial charge in [-0.1, -0.05) is 0 Å². The predicted molar refractivity (Wildman–Crippen MR) is 109 cm³/mol. The molecule has 0 bridgehead atoms. The number of fused-ring (bicyclic) bond motifs is 3. The van der Waals surface area contributed by atoms with Gasteiger partial charge in [0.1, 0.15) is 10.6 Å². The van der Waals surface area contributed by atoms with Crippen molar-refractivity contribution in [3.63, 3.8) is 0 Å². The van der Waals surface area contributed by atoms with E-state index in [4.69, 9.17) is 9.97 Å². The minimum absolute atomic E-state index is 0.117. The van der Waals surface area contributed by atoms with Gasteiger partial charge in [-0.15, -0.1) is 11.3 Å². The van der Waals surface area contributed by atoms with E-state index in [9.17, 15) is 5.11 Å². The molecule has 5 nitrogen and oxygen atoms in total. The zero-order valence-electron chi connectivity index (χ0n) is 15.6. The van der Waals surface area contributed by atoms with Crippen LogP contribution in [-0.2, 0) is 12.8 Å². The lowest BCUT2D eigenvalue weighted by Crippen LogP contribution is -2.37. The van der Waals surface area contributed by atoms with Gasteiger partial charge in [-0.2, -0.15) is 0 Å². The molecule has 1 N–H and O–H groups in total. The molecule has 0 aromatic carbocycles. The molecule has 5 rings (SSSR count). The summed E-state index contributed by atoms with van der Waals surface area (Å²) >= 11 is 1.84. The number of hydrogen-bond donors (Lipinski definition) is 1. The van der Waals surface area contributed by atoms with Crippen LogP contribution in [0.2, 0.25) is 0 Å². The molecule has 6 heteroatoms. The highest BCUT2D eigenvalue weighted by molar-refractivity contribution is 7.19. The van der Waals surface area contributed by atoms with Gasteiger partial charge in [0.05, 0.1) is 11.5 Å². The highest BCUT2D eigenvalue weighted by atomic mass is 32.1. The van der Waals surface area contributed by atoms with Crippen molar-refractivity contribution < 1.29 is 5.11 Å². The topological polar surface area (TPSA) is 62.1 Å². The van der Waals surface area contributed by atoms with Crippen molar-refractivity contribution in [3.05, 3.63) is 35.0 Å². The molecule has 1 saturated carbocycles. The monoisotopic (exact) mass is 380 g/mol. The molecule has 0 atom stereocenters. The quantitative estimate of drug-likeness (QED) is 0.745. The summed E-state index contributed by atoms with van der Waals surface area (Å²) in [5.41, 5.74) is 2.42. The Morgan fingerprint density at radius 3 is 2.85 bits per heavy atom. The Hall–Kier alpha value is -2.05. The maximum absolute atomic E-state index is 9.64. The first kappa shape index (κ1) is 17.1. The fraction of sp³-hybridized carbons (Fsp3) is 0.476. The van der Waals surface area contributed by atoms with Crippen LogP contribution in [0.1, 0.15) is 36.1 Å². The Morgan fingerprint density at radius 1 is 1.22 bits per heavy atom. The van der Waals surface area contributed by atoms with Gasteiger partial charge in [-0.3, -0.25) is 4.98 Å². The Balaban J connectivity index is 1.62. The van der Waals surface area contributed by atoms with E-state index in [0.717, 1.165) is 54.3 Å². The van der Waals surface area contributed by atoms with Crippen LogP contribution in [0.4, 0.5) is 5.82 Å². The van der Waals surface area contributed by atoms with E-state index < -0.39 is 0 Å². The summed E-state index contributed by atoms with van der Waals surface area (Å²) in [5.74, 6) is 2.34. The number of rotatable bonds is 4. The van der Waals surface area contributed by atoms with Gasteiger partial charge in [0.15, 0.2) is 5.82 Å². The van der Waals surface area contributed by atoms with Crippen LogP contribution in [-0.4, -0.2) is 39.8 Å². The van der Waals surface area contributed by atoms with Crippen LogP contribution in [0.5, 0.6) is 0 Å². The Kier molecular flexibility index (Phi) is 4.32. The van der Waals surface area contributed by atoms with Crippen molar-refractivity contribution in [3.8, 4) is 11.4 Å². The number of hydrogen-bond acceptors (Lipinski definition) is 6. The van der Waals surface area contributed by atoms with Crippen LogP contribution in [0.25, 0.3) is 21.6 Å². The number of anilines is 1. The van der Waals surface area contributed by atoms with Crippen molar-refractivity contribution in [1.82, 2.24) is 15.0 Å². The predicted octanol–water partition coefficient (Wildman–Crippen LogP) is 3.84. The number of aliphatic hydroxyl groups excluding tert-OH is 1. The van der Waals surface area contributed by atoms with E-state index in [0.29, 0.717) is 5.92 Å². The van der Waals surface area contributed by atoms with Crippen LogP contribution >= 0.6 is 11.3 Å². The molecule has 3 aromatic rings. The van der Waals surface area contributed by atoms with Crippen molar-refractivity contribution in [1.29, 1.82) is 0 Å². The Labute approximate surface area is 163 Å². The zero-order valence-corrected chi connectivity index (χ0v) is 16.4. The van der Waals surface area contributed by atoms with Gasteiger partial charge in [0, 0.05) is 36.4 Å². The smallest absolute Gasteiger partial charge is 0.164 e. The van der Waals surface area contributed by atoms with E-state index >= 15 is 0 Å². The molecular weight excluding hydrogens is 356 g/mol. The van der Waals surface area contributed by atoms with Gasteiger partial charge in [0.25, 0.3) is 0 Å². The summed E-state index contributed by atoms with van der Waals surface area (Å²) < 4.78 is 0. The van der Waals surface area contributed by atoms with Crippen LogP contribution < -0.4 is 4.90 Å². The second-order valence-electron chi connectivity index (χ2n) is 7.88. The lowest BCUT2D eigenvalue weighted by Gasteiger charge is -2.35. The largest absolute Gasteiger partial charge is 0.393 e. The van der Waals surface area contributed by atoms with E-state index in [1.54, 1.807) is 6.20 Å². The number of pyridine rings is 1. The van der Waals surface area contributed by atoms with Crippen LogP contribution in [0.3, 0.4) is 0 Å². The van der Waals surface area contributed by atoms with E-state index in [1.807, 2.05) is 29.7 Å². The molecule has 3 aromatic heterocycles. The van der Waals surface area contributed by atoms with E-state index in [1.165, 1.54) is 28.7 Å². The van der Waals surface area contributed by atoms with Gasteiger partial charge >= 0.3 is 0 Å². The highest BCUT2D eigenvalue weighted by Crippen LogP contribution is 2.41. The third kappa shape index (κ3) is 3.11. The molecule has 0 aliphatic heterocycles. The molecule has 0 radical (unpaired) electrons. The summed E-state index contributed by atoms with van der Waals surface area (Å²) in [7, 11) is 2.13. The number of thiophene rings is 1. The molecule has 0 saturated heterocycles. The minimum Gasteiger partial charge on any atom is -0.393 e. The lowest BCUT2D eigenvalue weighted by molar-refractivity contribution is 0.0464. The molecule has 0 amide bonds. The zero-order chi connectivity index (χ0) is 18.4. The molecule has 27 heavy (non-hydrogen) atoms. The lowest BCUT2D eigenvalue weighted by atomic mass is 9.82. The average molecular weight is 381 g/mol. The Morgan fingerprint density at radius 2 is 2.07 bits per heavy atom. The minimum atomic E-state index is -0.117. The van der Waals surface area contributed by atoms with Crippen molar-refractivity contribution in [2.45, 2.75) is 44.6 Å². The summed E-state index contributed by atoms with van der Waals surface area (Å²) in [6.07, 6.45) is 10.1. The summed E-state index contributed by atoms with van der Waals surface area (Å²) in [6.45, 7) is 0.931. The highest BCUT2D eigenvalue weighted by Gasteiger charge is 2.30. The van der Waals surface area contributed by atoms with Crippen molar-refractivity contribution >= 4 is 27.4 Å². The molecule has 3 heterocycles. The fourth-order valence-electron chi connectivity index (χ4n) is 4.36. The molecular formula is C21H24N4OS. The molecule has 2 aliphatic rings. The SMILES string of the molecule is CN(CC1CC(O)C1)c1nc(-c2cccnc2)nc2sc3c(c12)CCCC3. The number of aliphatic hydroxyl groups is 1. The van der Waals surface area contributed by atoms with Gasteiger partial charge < -0.3 is 10.0 Å². The summed E-state index contributed by atoms with van der Waals surface area (Å²) in [6, 6.07) is 3.95. The first-order valence-electron chi connectivity index (χ1n) is 9.81. The van der Waals surface area contributed by atoms with Gasteiger partial charge in [0.2, 0.25) is 0 Å². The normalized spacial score (nSPS) is 21.7. The van der Waals surface area contributed by atoms with Gasteiger partial charge in [-0.25, -0.2) is 9.97 Å². The number of nitrogens with zero attached hydrogens (tertiary/aromatic N) is 4. The second kappa shape index (κ2) is 6.84. The first-order chi connectivity index (χ1) is 13.2. The first-order valence-corrected chi connectivity index (χ1v) is 10.6. The molecule has 0 unspecified atom stereocenters. The van der Waals surface area contributed by atoms with E-state index in [-0.39, 0.29) is 6.10 Å². The third-order valence-electron chi connectivity index (χ3n) is 5.82. The van der Waals surface area contributed by atoms with Gasteiger partial charge in [-0.05, 0) is 62.1 Å². The van der Waals surface area contributed by atoms with Crippen LogP contribution in [0, 0.1) is 5.92 Å². The molecule has 1 fully saturated rings. The number of aromatic nitrogens is 3. The number of aryl methyl sites for hydroxylation is 2. The maximum Gasteiger partial charge on any atom is 0.164 e. The van der Waals surface area contributed by atoms with E-state index in [2.05, 4.69) is 16.9 Å². The summed E-state index contributed by atoms with van der Waals surface area (Å²) in [4.78, 5) is 19.0. The van der Waals surface area contributed by atoms with Crippen molar-refractivity contribution in [2.24, 2.45) is 5.92 Å². The standard InChI is InChI=1S/C21H24N4OS/c1-25(12-13-9-15(26)10-13)20-18-16-6-2-3-7-17(16)27-21(18)24-19(23-20)14-5-4-8-22-11-14/h4-5,8,11,13,15,26H,2-3,6-7,9-10,12H2,1H3. The van der Waals surface area contributed by atoms with Crippen molar-refractivity contribution in [2.75, 3.05) is 18.5 Å². The molecule has 140 valence electrons. The molecule has 0 spiro atoms. The fourth-order valence-corrected chi connectivity index (χ4v) is 5.62. The summed E-state index contributed by atoms with van der Waals surface area (Å²) in [5, 5.41) is 10.9.